The minimum absolute atomic E-state index is 2.14. The van der Waals surface area contributed by atoms with Gasteiger partial charge in [0.05, 0.1) is 0 Å². The van der Waals surface area contributed by atoms with E-state index in [4.69, 9.17) is 0 Å². The summed E-state index contributed by atoms with van der Waals surface area (Å²) in [5, 5.41) is -3.83. The molecule has 0 N–H and O–H groups in total. The highest BCUT2D eigenvalue weighted by Gasteiger charge is 2.96. The second kappa shape index (κ2) is 1.75. The molecule has 0 saturated heterocycles. The molecule has 0 aromatic heterocycles. The van der Waals surface area contributed by atoms with Crippen LogP contribution in [0.3, 0.4) is 0 Å². The summed E-state index contributed by atoms with van der Waals surface area (Å²) in [5.41, 5.74) is -7.84. The molecule has 0 aliphatic heterocycles. The summed E-state index contributed by atoms with van der Waals surface area (Å²) in [6, 6.07) is 0. The lowest BCUT2D eigenvalue weighted by Gasteiger charge is -2.56. The molecule has 0 aromatic carbocycles. The zero-order valence-corrected chi connectivity index (χ0v) is 6.43. The molecule has 0 unspecified atom stereocenters. The Morgan fingerprint density at radius 2 is 1.54 bits per heavy atom. The smallest absolute Gasteiger partial charge is 0.289 e. The normalized spacial score (nSPS) is 54.2. The van der Waals surface area contributed by atoms with Gasteiger partial charge < -0.3 is 0 Å². The van der Waals surface area contributed by atoms with Gasteiger partial charge in [0.1, 0.15) is 0 Å². The lowest BCUT2D eigenvalue weighted by molar-refractivity contribution is -0.207. The van der Waals surface area contributed by atoms with Gasteiger partial charge in [0.15, 0.2) is 11.7 Å². The van der Waals surface area contributed by atoms with Crippen molar-refractivity contribution in [3.63, 3.8) is 0 Å². The van der Waals surface area contributed by atoms with Crippen molar-refractivity contribution in [2.75, 3.05) is 0 Å². The van der Waals surface area contributed by atoms with Gasteiger partial charge >= 0.3 is 0 Å². The molecule has 2 aliphatic carbocycles. The van der Waals surface area contributed by atoms with Crippen molar-refractivity contribution in [3.05, 3.63) is 11.7 Å². The second-order valence-corrected chi connectivity index (χ2v) is 3.37. The van der Waals surface area contributed by atoms with E-state index < -0.39 is 33.9 Å². The minimum Gasteiger partial charge on any atom is -0.290 e. The van der Waals surface area contributed by atoms with Crippen molar-refractivity contribution < 1.29 is 26.7 Å². The predicted octanol–water partition coefficient (Wildman–Crippen LogP) is 2.05. The number of allylic oxidation sites excluding steroid dienone is 2. The Kier molecular flexibility index (Phi) is 1.20. The molecule has 2 rings (SSSR count). The van der Waals surface area contributed by atoms with Crippen molar-refractivity contribution in [1.82, 2.24) is 0 Å². The van der Waals surface area contributed by atoms with E-state index in [1.54, 1.807) is 0 Å². The summed E-state index contributed by atoms with van der Waals surface area (Å²) in [7, 11) is 0. The number of carbonyl (C=O) groups excluding carboxylic acids is 1. The highest BCUT2D eigenvalue weighted by atomic mass is 35.5. The predicted molar refractivity (Wildman–Crippen MR) is 31.6 cm³/mol. The van der Waals surface area contributed by atoms with E-state index in [0.717, 1.165) is 0 Å². The first-order chi connectivity index (χ1) is 5.72. The summed E-state index contributed by atoms with van der Waals surface area (Å²) in [5.74, 6) is -6.65. The SMILES string of the molecule is O=C1[C@]2(F)C(F)=C(F)[C@]2(F)[C@@]1(F)Cl. The van der Waals surface area contributed by atoms with Gasteiger partial charge in [-0.15, -0.1) is 0 Å². The highest BCUT2D eigenvalue weighted by molar-refractivity contribution is 6.42. The zero-order valence-electron chi connectivity index (χ0n) is 5.68. The third-order valence-electron chi connectivity index (χ3n) is 2.30. The van der Waals surface area contributed by atoms with Crippen LogP contribution < -0.4 is 0 Å². The van der Waals surface area contributed by atoms with Crippen molar-refractivity contribution >= 4 is 17.4 Å². The number of alkyl halides is 4. The molecule has 72 valence electrons. The maximum Gasteiger partial charge on any atom is 0.289 e. The summed E-state index contributed by atoms with van der Waals surface area (Å²) in [6.07, 6.45) is 0. The number of carbonyl (C=O) groups is 1. The van der Waals surface area contributed by atoms with E-state index in [0.29, 0.717) is 0 Å². The molecule has 0 bridgehead atoms. The summed E-state index contributed by atoms with van der Waals surface area (Å²) < 4.78 is 63.1. The average molecular weight is 219 g/mol. The number of rotatable bonds is 0. The molecule has 0 heterocycles. The lowest BCUT2D eigenvalue weighted by atomic mass is 9.56. The van der Waals surface area contributed by atoms with Crippen LogP contribution >= 0.6 is 11.6 Å². The minimum atomic E-state index is -3.98. The van der Waals surface area contributed by atoms with Crippen LogP contribution in [0.1, 0.15) is 0 Å². The average Bonchev–Trinajstić information content (AvgIpc) is 2.11. The highest BCUT2D eigenvalue weighted by Crippen LogP contribution is 2.71. The monoisotopic (exact) mass is 218 g/mol. The molecule has 13 heavy (non-hydrogen) atoms. The molecule has 7 heteroatoms. The fraction of sp³-hybridized carbons (Fsp3) is 0.500. The topological polar surface area (TPSA) is 17.1 Å². The number of hydrogen-bond acceptors (Lipinski definition) is 1. The quantitative estimate of drug-likeness (QED) is 0.449. The maximum absolute atomic E-state index is 13.0. The van der Waals surface area contributed by atoms with Crippen LogP contribution in [0.2, 0.25) is 0 Å². The van der Waals surface area contributed by atoms with E-state index >= 15 is 0 Å². The molecule has 2 aliphatic rings. The van der Waals surface area contributed by atoms with E-state index in [2.05, 4.69) is 11.6 Å². The summed E-state index contributed by atoms with van der Waals surface area (Å²) in [6.45, 7) is 0. The Bertz CT molecular complexity index is 364. The van der Waals surface area contributed by atoms with E-state index in [1.165, 1.54) is 0 Å². The zero-order chi connectivity index (χ0) is 10.2. The lowest BCUT2D eigenvalue weighted by Crippen LogP contribution is -2.84. The molecular formula is C6ClF5O. The fourth-order valence-electron chi connectivity index (χ4n) is 1.46. The Labute approximate surface area is 73.2 Å². The van der Waals surface area contributed by atoms with Gasteiger partial charge in [0.25, 0.3) is 16.5 Å². The first-order valence-corrected chi connectivity index (χ1v) is 3.47. The van der Waals surface area contributed by atoms with Gasteiger partial charge in [-0.05, 0) is 0 Å². The fourth-order valence-corrected chi connectivity index (χ4v) is 1.81. The van der Waals surface area contributed by atoms with Crippen LogP contribution in [0.15, 0.2) is 11.7 Å². The Morgan fingerprint density at radius 3 is 1.92 bits per heavy atom. The Hall–Kier alpha value is -0.650. The van der Waals surface area contributed by atoms with Crippen LogP contribution in [-0.2, 0) is 4.79 Å². The number of fused-ring (bicyclic) bond motifs is 1. The van der Waals surface area contributed by atoms with Gasteiger partial charge in [0.2, 0.25) is 5.78 Å². The van der Waals surface area contributed by atoms with Crippen LogP contribution in [0, 0.1) is 0 Å². The van der Waals surface area contributed by atoms with E-state index in [9.17, 15) is 26.7 Å². The van der Waals surface area contributed by atoms with Crippen LogP contribution in [-0.4, -0.2) is 22.2 Å². The maximum atomic E-state index is 13.0. The molecule has 1 fully saturated rings. The second-order valence-electron chi connectivity index (χ2n) is 2.85. The van der Waals surface area contributed by atoms with Gasteiger partial charge in [-0.2, -0.15) is 0 Å². The van der Waals surface area contributed by atoms with E-state index in [1.807, 2.05) is 0 Å². The molecule has 3 atom stereocenters. The molecular weight excluding hydrogens is 219 g/mol. The third kappa shape index (κ3) is 0.482. The van der Waals surface area contributed by atoms with Crippen LogP contribution in [0.4, 0.5) is 22.0 Å². The first-order valence-electron chi connectivity index (χ1n) is 3.09. The first kappa shape index (κ1) is 8.93. The largest absolute Gasteiger partial charge is 0.290 e. The molecule has 0 spiro atoms. The molecule has 0 radical (unpaired) electrons. The van der Waals surface area contributed by atoms with Crippen LogP contribution in [0.5, 0.6) is 0 Å². The standard InChI is InChI=1S/C6ClF5O/c7-6(12)3(13)4(10)1(8)2(9)5(4,6)11/t4-,5-,6-/m1/s1. The molecule has 0 aromatic rings. The number of halogens is 6. The van der Waals surface area contributed by atoms with Crippen molar-refractivity contribution in [2.45, 2.75) is 16.5 Å². The summed E-state index contributed by atoms with van der Waals surface area (Å²) in [4.78, 5) is 10.5. The number of ketones is 1. The van der Waals surface area contributed by atoms with Crippen molar-refractivity contribution in [1.29, 1.82) is 0 Å². The van der Waals surface area contributed by atoms with Gasteiger partial charge in [-0.3, -0.25) is 4.79 Å². The molecule has 0 amide bonds. The van der Waals surface area contributed by atoms with E-state index in [-0.39, 0.29) is 0 Å². The Morgan fingerprint density at radius 1 is 1.08 bits per heavy atom. The van der Waals surface area contributed by atoms with Gasteiger partial charge in [-0.1, -0.05) is 11.6 Å². The third-order valence-corrected chi connectivity index (χ3v) is 2.74. The Balaban J connectivity index is 2.63. The number of Topliss-reactive ketones (excluding diaryl/α,β-unsaturated/α-hetero) is 1. The van der Waals surface area contributed by atoms with Crippen molar-refractivity contribution in [2.24, 2.45) is 0 Å². The van der Waals surface area contributed by atoms with Crippen molar-refractivity contribution in [3.8, 4) is 0 Å². The molecule has 1 nitrogen and oxygen atoms in total. The number of hydrogen-bond donors (Lipinski definition) is 0. The molecule has 1 saturated carbocycles. The summed E-state index contributed by atoms with van der Waals surface area (Å²) >= 11 is 4.57. The van der Waals surface area contributed by atoms with Gasteiger partial charge in [-0.25, -0.2) is 22.0 Å². The van der Waals surface area contributed by atoms with Gasteiger partial charge in [0, 0.05) is 0 Å². The van der Waals surface area contributed by atoms with Crippen LogP contribution in [0.25, 0.3) is 0 Å².